The molecule has 0 bridgehead atoms. The molecule has 3 rings (SSSR count). The van der Waals surface area contributed by atoms with Crippen LogP contribution in [0.5, 0.6) is 0 Å². The summed E-state index contributed by atoms with van der Waals surface area (Å²) in [5, 5.41) is 12.8. The molecule has 2 aromatic carbocycles. The third-order valence-corrected chi connectivity index (χ3v) is 4.69. The maximum Gasteiger partial charge on any atom is 0.416 e. The van der Waals surface area contributed by atoms with Gasteiger partial charge in [0.2, 0.25) is 0 Å². The first-order chi connectivity index (χ1) is 13.3. The van der Waals surface area contributed by atoms with Gasteiger partial charge in [-0.05, 0) is 42.2 Å². The number of amides is 1. The number of carbonyl (C=O) groups is 1. The highest BCUT2D eigenvalue weighted by atomic mass is 19.4. The Labute approximate surface area is 160 Å². The molecule has 7 heteroatoms. The monoisotopic (exact) mass is 390 g/mol. The highest BCUT2D eigenvalue weighted by Gasteiger charge is 2.31. The number of aromatic amines is 1. The predicted octanol–water partition coefficient (Wildman–Crippen LogP) is 4.08. The van der Waals surface area contributed by atoms with Gasteiger partial charge in [-0.15, -0.1) is 0 Å². The van der Waals surface area contributed by atoms with Crippen LogP contribution in [0.4, 0.5) is 13.2 Å². The first-order valence-corrected chi connectivity index (χ1v) is 9.01. The van der Waals surface area contributed by atoms with E-state index >= 15 is 0 Å². The number of hydrogen-bond donors (Lipinski definition) is 3. The van der Waals surface area contributed by atoms with Crippen molar-refractivity contribution < 1.29 is 23.1 Å². The molecule has 1 amide bonds. The van der Waals surface area contributed by atoms with E-state index < -0.39 is 23.7 Å². The van der Waals surface area contributed by atoms with Crippen LogP contribution in [0.15, 0.2) is 48.5 Å². The lowest BCUT2D eigenvalue weighted by Gasteiger charge is -2.16. The van der Waals surface area contributed by atoms with Crippen molar-refractivity contribution >= 4 is 16.8 Å². The smallest absolute Gasteiger partial charge is 0.394 e. The number of rotatable bonds is 6. The molecule has 0 unspecified atom stereocenters. The van der Waals surface area contributed by atoms with Crippen molar-refractivity contribution in [1.82, 2.24) is 10.3 Å². The summed E-state index contributed by atoms with van der Waals surface area (Å²) in [6.45, 7) is 1.54. The number of H-pyrrole nitrogens is 1. The second-order valence-corrected chi connectivity index (χ2v) is 6.63. The Hall–Kier alpha value is -2.80. The van der Waals surface area contributed by atoms with E-state index in [1.165, 1.54) is 6.07 Å². The van der Waals surface area contributed by atoms with Gasteiger partial charge in [0, 0.05) is 10.9 Å². The fraction of sp³-hybridized carbons (Fsp3) is 0.286. The number of carbonyl (C=O) groups excluding carboxylic acids is 1. The highest BCUT2D eigenvalue weighted by molar-refractivity contribution is 6.01. The van der Waals surface area contributed by atoms with Gasteiger partial charge in [0.25, 0.3) is 5.91 Å². The molecule has 1 aromatic heterocycles. The number of aliphatic hydroxyl groups is 1. The van der Waals surface area contributed by atoms with Crippen LogP contribution in [0.3, 0.4) is 0 Å². The molecule has 28 heavy (non-hydrogen) atoms. The maximum atomic E-state index is 13.0. The summed E-state index contributed by atoms with van der Waals surface area (Å²) in [5.41, 5.74) is 1.43. The second kappa shape index (κ2) is 8.06. The third kappa shape index (κ3) is 4.20. The van der Waals surface area contributed by atoms with E-state index in [4.69, 9.17) is 0 Å². The van der Waals surface area contributed by atoms with Gasteiger partial charge in [0.05, 0.1) is 18.2 Å². The normalized spacial score (nSPS) is 12.9. The molecule has 0 aliphatic heterocycles. The van der Waals surface area contributed by atoms with E-state index in [1.807, 2.05) is 30.3 Å². The zero-order chi connectivity index (χ0) is 20.3. The van der Waals surface area contributed by atoms with E-state index in [0.29, 0.717) is 29.3 Å². The number of aryl methyl sites for hydroxylation is 1. The Morgan fingerprint density at radius 1 is 1.18 bits per heavy atom. The molecule has 3 N–H and O–H groups in total. The van der Waals surface area contributed by atoms with Crippen LogP contribution in [-0.4, -0.2) is 28.6 Å². The Morgan fingerprint density at radius 2 is 1.89 bits per heavy atom. The van der Waals surface area contributed by atoms with Gasteiger partial charge in [-0.25, -0.2) is 0 Å². The summed E-state index contributed by atoms with van der Waals surface area (Å²) < 4.78 is 39.1. The largest absolute Gasteiger partial charge is 0.416 e. The summed E-state index contributed by atoms with van der Waals surface area (Å²) in [7, 11) is 0. The number of fused-ring (bicyclic) bond motifs is 1. The number of nitrogens with one attached hydrogen (secondary N) is 2. The average molecular weight is 390 g/mol. The number of benzene rings is 2. The van der Waals surface area contributed by atoms with Crippen LogP contribution in [0.1, 0.15) is 34.1 Å². The zero-order valence-corrected chi connectivity index (χ0v) is 15.3. The minimum absolute atomic E-state index is 0.225. The number of alkyl halides is 3. The minimum Gasteiger partial charge on any atom is -0.394 e. The Bertz CT molecular complexity index is 965. The van der Waals surface area contributed by atoms with Crippen molar-refractivity contribution in [3.8, 4) is 0 Å². The fourth-order valence-electron chi connectivity index (χ4n) is 3.30. The lowest BCUT2D eigenvalue weighted by molar-refractivity contribution is -0.137. The summed E-state index contributed by atoms with van der Waals surface area (Å²) in [6, 6.07) is 12.3. The van der Waals surface area contributed by atoms with Gasteiger partial charge >= 0.3 is 6.18 Å². The van der Waals surface area contributed by atoms with Gasteiger partial charge < -0.3 is 15.4 Å². The molecular weight excluding hydrogens is 369 g/mol. The van der Waals surface area contributed by atoms with Gasteiger partial charge in [-0.1, -0.05) is 37.3 Å². The molecule has 0 radical (unpaired) electrons. The minimum atomic E-state index is -4.45. The van der Waals surface area contributed by atoms with E-state index in [9.17, 15) is 23.1 Å². The predicted molar refractivity (Wildman–Crippen MR) is 101 cm³/mol. The molecule has 0 saturated carbocycles. The van der Waals surface area contributed by atoms with Crippen LogP contribution in [0, 0.1) is 0 Å². The van der Waals surface area contributed by atoms with Crippen molar-refractivity contribution in [2.24, 2.45) is 0 Å². The summed E-state index contributed by atoms with van der Waals surface area (Å²) in [6.07, 6.45) is -3.61. The molecule has 0 aliphatic carbocycles. The van der Waals surface area contributed by atoms with E-state index in [2.05, 4.69) is 10.3 Å². The van der Waals surface area contributed by atoms with Crippen LogP contribution in [0.2, 0.25) is 0 Å². The number of aromatic nitrogens is 1. The first kappa shape index (κ1) is 19.9. The standard InChI is InChI=1S/C21H21F3N2O2/c1-2-16-17-11-14(21(22,23)24)8-9-18(17)26-19(16)20(28)25-15(12-27)10-13-6-4-3-5-7-13/h3-9,11,15,26-27H,2,10,12H2,1H3,(H,25,28)/t15-/m1/s1. The highest BCUT2D eigenvalue weighted by Crippen LogP contribution is 2.33. The summed E-state index contributed by atoms with van der Waals surface area (Å²) in [5.74, 6) is -0.448. The fourth-order valence-corrected chi connectivity index (χ4v) is 3.30. The molecule has 0 aliphatic rings. The Kier molecular flexibility index (Phi) is 5.74. The first-order valence-electron chi connectivity index (χ1n) is 9.01. The van der Waals surface area contributed by atoms with Gasteiger partial charge in [-0.3, -0.25) is 4.79 Å². The van der Waals surface area contributed by atoms with E-state index in [0.717, 1.165) is 17.7 Å². The van der Waals surface area contributed by atoms with Crippen LogP contribution < -0.4 is 5.32 Å². The Morgan fingerprint density at radius 3 is 2.50 bits per heavy atom. The summed E-state index contributed by atoms with van der Waals surface area (Å²) in [4.78, 5) is 15.7. The number of aliphatic hydroxyl groups excluding tert-OH is 1. The van der Waals surface area contributed by atoms with Crippen molar-refractivity contribution in [2.75, 3.05) is 6.61 Å². The molecule has 148 valence electrons. The van der Waals surface area contributed by atoms with E-state index in [-0.39, 0.29) is 12.3 Å². The van der Waals surface area contributed by atoms with Crippen molar-refractivity contribution in [3.05, 3.63) is 70.9 Å². The van der Waals surface area contributed by atoms with Crippen LogP contribution in [0.25, 0.3) is 10.9 Å². The average Bonchev–Trinajstić information content (AvgIpc) is 3.05. The van der Waals surface area contributed by atoms with Gasteiger partial charge in [0.15, 0.2) is 0 Å². The lowest BCUT2D eigenvalue weighted by Crippen LogP contribution is -2.39. The lowest BCUT2D eigenvalue weighted by atomic mass is 10.0. The molecule has 1 atom stereocenters. The molecular formula is C21H21F3N2O2. The third-order valence-electron chi connectivity index (χ3n) is 4.69. The topological polar surface area (TPSA) is 65.1 Å². The van der Waals surface area contributed by atoms with Crippen molar-refractivity contribution in [2.45, 2.75) is 32.0 Å². The zero-order valence-electron chi connectivity index (χ0n) is 15.3. The second-order valence-electron chi connectivity index (χ2n) is 6.63. The molecule has 0 fully saturated rings. The van der Waals surface area contributed by atoms with Crippen LogP contribution in [-0.2, 0) is 19.0 Å². The van der Waals surface area contributed by atoms with Crippen LogP contribution >= 0.6 is 0 Å². The van der Waals surface area contributed by atoms with E-state index in [1.54, 1.807) is 6.92 Å². The molecule has 3 aromatic rings. The Balaban J connectivity index is 1.88. The summed E-state index contributed by atoms with van der Waals surface area (Å²) >= 11 is 0. The van der Waals surface area contributed by atoms with Crippen molar-refractivity contribution in [3.63, 3.8) is 0 Å². The van der Waals surface area contributed by atoms with Gasteiger partial charge in [-0.2, -0.15) is 13.2 Å². The number of halogens is 3. The molecule has 1 heterocycles. The maximum absolute atomic E-state index is 13.0. The van der Waals surface area contributed by atoms with Gasteiger partial charge in [0.1, 0.15) is 5.69 Å². The quantitative estimate of drug-likeness (QED) is 0.594. The molecule has 4 nitrogen and oxygen atoms in total. The molecule has 0 saturated heterocycles. The SMILES string of the molecule is CCc1c(C(=O)N[C@@H](CO)Cc2ccccc2)[nH]c2ccc(C(F)(F)F)cc12. The molecule has 0 spiro atoms. The number of hydrogen-bond acceptors (Lipinski definition) is 2. The van der Waals surface area contributed by atoms with Crippen molar-refractivity contribution in [1.29, 1.82) is 0 Å².